The van der Waals surface area contributed by atoms with Gasteiger partial charge in [-0.1, -0.05) is 19.1 Å². The zero-order valence-electron chi connectivity index (χ0n) is 11.4. The molecule has 1 aromatic carbocycles. The van der Waals surface area contributed by atoms with Crippen LogP contribution in [0.4, 0.5) is 4.39 Å². The molecule has 104 valence electrons. The van der Waals surface area contributed by atoms with Gasteiger partial charge in [-0.15, -0.1) is 0 Å². The summed E-state index contributed by atoms with van der Waals surface area (Å²) in [4.78, 5) is 14.4. The second-order valence-electron chi connectivity index (χ2n) is 5.04. The number of rotatable bonds is 4. The fraction of sp³-hybridized carbons (Fsp3) is 0.533. The zero-order chi connectivity index (χ0) is 13.8. The lowest BCUT2D eigenvalue weighted by molar-refractivity contribution is 0.0953. The van der Waals surface area contributed by atoms with Crippen LogP contribution in [0.5, 0.6) is 0 Å². The number of halogens is 1. The van der Waals surface area contributed by atoms with Gasteiger partial charge in [-0.2, -0.15) is 11.8 Å². The van der Waals surface area contributed by atoms with Crippen molar-refractivity contribution in [2.24, 2.45) is 0 Å². The first-order valence-electron chi connectivity index (χ1n) is 6.72. The van der Waals surface area contributed by atoms with Crippen molar-refractivity contribution in [1.82, 2.24) is 4.90 Å². The van der Waals surface area contributed by atoms with E-state index in [-0.39, 0.29) is 11.6 Å². The molecule has 1 fully saturated rings. The summed E-state index contributed by atoms with van der Waals surface area (Å²) >= 11 is 1.99. The van der Waals surface area contributed by atoms with E-state index in [0.717, 1.165) is 18.8 Å². The number of thioether (sulfide) groups is 1. The lowest BCUT2D eigenvalue weighted by Crippen LogP contribution is -2.45. The number of benzene rings is 1. The van der Waals surface area contributed by atoms with Crippen LogP contribution in [0.1, 0.15) is 30.6 Å². The number of carbonyl (C=O) groups excluding carboxylic acids is 1. The molecule has 2 rings (SSSR count). The van der Waals surface area contributed by atoms with Crippen LogP contribution in [0.15, 0.2) is 24.3 Å². The van der Waals surface area contributed by atoms with E-state index in [2.05, 4.69) is 18.7 Å². The minimum Gasteiger partial charge on any atom is -0.298 e. The van der Waals surface area contributed by atoms with E-state index >= 15 is 0 Å². The van der Waals surface area contributed by atoms with Crippen molar-refractivity contribution in [3.05, 3.63) is 35.6 Å². The van der Waals surface area contributed by atoms with Crippen LogP contribution in [0, 0.1) is 5.82 Å². The van der Waals surface area contributed by atoms with E-state index in [0.29, 0.717) is 23.3 Å². The van der Waals surface area contributed by atoms with E-state index in [4.69, 9.17) is 0 Å². The molecule has 2 atom stereocenters. The van der Waals surface area contributed by atoms with Gasteiger partial charge in [-0.3, -0.25) is 9.69 Å². The fourth-order valence-corrected chi connectivity index (χ4v) is 3.52. The number of Topliss-reactive ketones (excluding diaryl/α,β-unsaturated/α-hetero) is 1. The van der Waals surface area contributed by atoms with Gasteiger partial charge in [0.15, 0.2) is 5.78 Å². The van der Waals surface area contributed by atoms with Gasteiger partial charge in [0.05, 0.1) is 0 Å². The van der Waals surface area contributed by atoms with Crippen LogP contribution in [-0.4, -0.2) is 40.8 Å². The van der Waals surface area contributed by atoms with Crippen LogP contribution in [0.2, 0.25) is 0 Å². The molecule has 2 unspecified atom stereocenters. The molecule has 0 aliphatic carbocycles. The Balaban J connectivity index is 1.90. The summed E-state index contributed by atoms with van der Waals surface area (Å²) < 4.78 is 13.1. The fourth-order valence-electron chi connectivity index (χ4n) is 2.36. The Morgan fingerprint density at radius 3 is 3.00 bits per heavy atom. The number of carbonyl (C=O) groups is 1. The monoisotopic (exact) mass is 281 g/mol. The maximum Gasteiger partial charge on any atom is 0.164 e. The van der Waals surface area contributed by atoms with Crippen molar-refractivity contribution < 1.29 is 9.18 Å². The minimum atomic E-state index is -0.345. The van der Waals surface area contributed by atoms with Crippen molar-refractivity contribution in [2.75, 3.05) is 18.8 Å². The predicted molar refractivity (Wildman–Crippen MR) is 78.3 cm³/mol. The van der Waals surface area contributed by atoms with E-state index in [9.17, 15) is 9.18 Å². The van der Waals surface area contributed by atoms with Crippen molar-refractivity contribution in [3.63, 3.8) is 0 Å². The molecule has 1 heterocycles. The van der Waals surface area contributed by atoms with Crippen LogP contribution in [0.3, 0.4) is 0 Å². The topological polar surface area (TPSA) is 20.3 Å². The highest BCUT2D eigenvalue weighted by molar-refractivity contribution is 8.00. The molecule has 1 saturated heterocycles. The Labute approximate surface area is 118 Å². The second-order valence-corrected chi connectivity index (χ2v) is 6.52. The first-order valence-corrected chi connectivity index (χ1v) is 7.77. The Morgan fingerprint density at radius 2 is 2.26 bits per heavy atom. The Bertz CT molecular complexity index is 452. The van der Waals surface area contributed by atoms with Gasteiger partial charge in [0, 0.05) is 42.1 Å². The number of nitrogens with zero attached hydrogens (tertiary/aromatic N) is 1. The predicted octanol–water partition coefficient (Wildman–Crippen LogP) is 3.22. The smallest absolute Gasteiger partial charge is 0.164 e. The van der Waals surface area contributed by atoms with E-state index < -0.39 is 0 Å². The molecule has 2 nitrogen and oxygen atoms in total. The third-order valence-electron chi connectivity index (χ3n) is 3.79. The molecular formula is C15H20FNOS. The Hall–Kier alpha value is -0.870. The Kier molecular flexibility index (Phi) is 4.99. The van der Waals surface area contributed by atoms with Gasteiger partial charge in [-0.05, 0) is 19.1 Å². The lowest BCUT2D eigenvalue weighted by atomic mass is 10.1. The van der Waals surface area contributed by atoms with Crippen LogP contribution in [-0.2, 0) is 0 Å². The summed E-state index contributed by atoms with van der Waals surface area (Å²) in [6, 6.07) is 6.45. The van der Waals surface area contributed by atoms with Gasteiger partial charge < -0.3 is 0 Å². The maximum atomic E-state index is 13.1. The average Bonchev–Trinajstić information content (AvgIpc) is 2.40. The van der Waals surface area contributed by atoms with Crippen LogP contribution >= 0.6 is 11.8 Å². The van der Waals surface area contributed by atoms with Gasteiger partial charge >= 0.3 is 0 Å². The number of hydrogen-bond acceptors (Lipinski definition) is 3. The molecular weight excluding hydrogens is 261 g/mol. The van der Waals surface area contributed by atoms with Crippen LogP contribution < -0.4 is 0 Å². The summed E-state index contributed by atoms with van der Waals surface area (Å²) in [6.07, 6.45) is 0.463. The maximum absolute atomic E-state index is 13.1. The summed E-state index contributed by atoms with van der Waals surface area (Å²) in [5.74, 6) is 0.805. The molecule has 1 aromatic rings. The second kappa shape index (κ2) is 6.53. The normalized spacial score (nSPS) is 24.4. The van der Waals surface area contributed by atoms with E-state index in [1.165, 1.54) is 12.1 Å². The van der Waals surface area contributed by atoms with E-state index in [1.807, 2.05) is 11.8 Å². The average molecular weight is 281 g/mol. The van der Waals surface area contributed by atoms with Crippen molar-refractivity contribution in [2.45, 2.75) is 31.6 Å². The SMILES string of the molecule is CC1SCCN(CCC(=O)c2cccc(F)c2)C1C. The zero-order valence-corrected chi connectivity index (χ0v) is 12.3. The first kappa shape index (κ1) is 14.5. The summed E-state index contributed by atoms with van der Waals surface area (Å²) in [5.41, 5.74) is 0.479. The molecule has 0 saturated carbocycles. The molecule has 0 bridgehead atoms. The molecule has 0 spiro atoms. The Morgan fingerprint density at radius 1 is 1.47 bits per heavy atom. The third kappa shape index (κ3) is 3.80. The first-order chi connectivity index (χ1) is 9.08. The van der Waals surface area contributed by atoms with Gasteiger partial charge in [0.25, 0.3) is 0 Å². The third-order valence-corrected chi connectivity index (χ3v) is 5.13. The highest BCUT2D eigenvalue weighted by atomic mass is 32.2. The molecule has 1 aliphatic rings. The van der Waals surface area contributed by atoms with Crippen molar-refractivity contribution >= 4 is 17.5 Å². The van der Waals surface area contributed by atoms with Gasteiger partial charge in [-0.25, -0.2) is 4.39 Å². The highest BCUT2D eigenvalue weighted by Gasteiger charge is 2.25. The number of ketones is 1. The van der Waals surface area contributed by atoms with Gasteiger partial charge in [0.1, 0.15) is 5.82 Å². The summed E-state index contributed by atoms with van der Waals surface area (Å²) in [6.45, 7) is 6.24. The lowest BCUT2D eigenvalue weighted by Gasteiger charge is -2.37. The van der Waals surface area contributed by atoms with Crippen molar-refractivity contribution in [1.29, 1.82) is 0 Å². The standard InChI is InChI=1S/C15H20FNOS/c1-11-12(2)19-9-8-17(11)7-6-15(18)13-4-3-5-14(16)10-13/h3-5,10-12H,6-9H2,1-2H3. The molecule has 1 aliphatic heterocycles. The number of hydrogen-bond donors (Lipinski definition) is 0. The molecule has 0 N–H and O–H groups in total. The molecule has 19 heavy (non-hydrogen) atoms. The molecule has 0 radical (unpaired) electrons. The van der Waals surface area contributed by atoms with Gasteiger partial charge in [0.2, 0.25) is 0 Å². The quantitative estimate of drug-likeness (QED) is 0.790. The highest BCUT2D eigenvalue weighted by Crippen LogP contribution is 2.24. The largest absolute Gasteiger partial charge is 0.298 e. The van der Waals surface area contributed by atoms with Crippen molar-refractivity contribution in [3.8, 4) is 0 Å². The minimum absolute atomic E-state index is 0.0255. The summed E-state index contributed by atoms with van der Waals surface area (Å²) in [5, 5.41) is 0.609. The van der Waals surface area contributed by atoms with E-state index in [1.54, 1.807) is 12.1 Å². The molecule has 0 amide bonds. The summed E-state index contributed by atoms with van der Waals surface area (Å²) in [7, 11) is 0. The van der Waals surface area contributed by atoms with Crippen LogP contribution in [0.25, 0.3) is 0 Å². The molecule has 4 heteroatoms. The molecule has 0 aromatic heterocycles.